The average Bonchev–Trinajstić information content (AvgIpc) is 2.75. The van der Waals surface area contributed by atoms with E-state index in [1.54, 1.807) is 36.5 Å². The minimum absolute atomic E-state index is 0.0815. The van der Waals surface area contributed by atoms with E-state index in [0.717, 1.165) is 23.9 Å². The summed E-state index contributed by atoms with van der Waals surface area (Å²) >= 11 is 0. The molecule has 0 aliphatic heterocycles. The van der Waals surface area contributed by atoms with Crippen LogP contribution in [0.25, 0.3) is 10.9 Å². The molecule has 6 nitrogen and oxygen atoms in total. The summed E-state index contributed by atoms with van der Waals surface area (Å²) in [5.74, 6) is -0.874. The van der Waals surface area contributed by atoms with Crippen molar-refractivity contribution in [1.29, 1.82) is 0 Å². The number of hydrogen-bond donors (Lipinski definition) is 1. The van der Waals surface area contributed by atoms with Crippen molar-refractivity contribution >= 4 is 28.5 Å². The Balaban J connectivity index is 1.82. The minimum atomic E-state index is -0.483. The molecule has 0 fully saturated rings. The molecule has 6 heteroatoms. The number of ether oxygens (including phenoxy) is 1. The normalized spacial score (nSPS) is 10.8. The Morgan fingerprint density at radius 2 is 1.80 bits per heavy atom. The number of fused-ring (bicyclic) bond motifs is 1. The molecule has 0 bridgehead atoms. The molecular weight excluding hydrogens is 380 g/mol. The number of carbonyl (C=O) groups is 2. The molecule has 3 rings (SSSR count). The number of esters is 1. The van der Waals surface area contributed by atoms with Gasteiger partial charge in [-0.1, -0.05) is 25.0 Å². The van der Waals surface area contributed by atoms with Crippen LogP contribution in [0.15, 0.2) is 53.5 Å². The van der Waals surface area contributed by atoms with Crippen LogP contribution in [0.1, 0.15) is 53.0 Å². The highest BCUT2D eigenvalue weighted by molar-refractivity contribution is 6.06. The molecular formula is C24H26N2O4. The fraction of sp³-hybridized carbons (Fsp3) is 0.292. The first-order valence-electron chi connectivity index (χ1n) is 10.2. The van der Waals surface area contributed by atoms with Gasteiger partial charge < -0.3 is 14.6 Å². The average molecular weight is 406 g/mol. The molecule has 0 saturated heterocycles. The van der Waals surface area contributed by atoms with E-state index in [1.807, 2.05) is 37.5 Å². The van der Waals surface area contributed by atoms with Gasteiger partial charge in [-0.2, -0.15) is 0 Å². The van der Waals surface area contributed by atoms with Crippen LogP contribution < -0.4 is 10.7 Å². The highest BCUT2D eigenvalue weighted by Gasteiger charge is 2.16. The molecule has 1 N–H and O–H groups in total. The summed E-state index contributed by atoms with van der Waals surface area (Å²) in [6.45, 7) is 6.92. The molecule has 0 aliphatic rings. The van der Waals surface area contributed by atoms with Gasteiger partial charge in [0.1, 0.15) is 5.56 Å². The molecule has 0 atom stereocenters. The lowest BCUT2D eigenvalue weighted by Gasteiger charge is -2.12. The van der Waals surface area contributed by atoms with Crippen molar-refractivity contribution in [3.05, 3.63) is 75.6 Å². The number of pyridine rings is 1. The second-order valence-corrected chi connectivity index (χ2v) is 7.20. The summed E-state index contributed by atoms with van der Waals surface area (Å²) in [4.78, 5) is 37.7. The molecule has 2 aromatic carbocycles. The van der Waals surface area contributed by atoms with Crippen LogP contribution in [-0.2, 0) is 11.3 Å². The Bertz CT molecular complexity index is 1130. The first-order chi connectivity index (χ1) is 14.4. The van der Waals surface area contributed by atoms with E-state index < -0.39 is 11.9 Å². The lowest BCUT2D eigenvalue weighted by molar-refractivity contribution is 0.0499. The van der Waals surface area contributed by atoms with Crippen molar-refractivity contribution in [3.63, 3.8) is 0 Å². The Kier molecular flexibility index (Phi) is 6.67. The molecule has 1 heterocycles. The van der Waals surface area contributed by atoms with Gasteiger partial charge in [-0.05, 0) is 56.7 Å². The topological polar surface area (TPSA) is 77.4 Å². The van der Waals surface area contributed by atoms with E-state index in [1.165, 1.54) is 0 Å². The molecule has 0 unspecified atom stereocenters. The molecule has 0 aliphatic carbocycles. The summed E-state index contributed by atoms with van der Waals surface area (Å²) in [6.07, 6.45) is 3.36. The molecule has 30 heavy (non-hydrogen) atoms. The predicted molar refractivity (Wildman–Crippen MR) is 118 cm³/mol. The number of unbranched alkanes of at least 4 members (excludes halogenated alkanes) is 1. The number of benzene rings is 2. The van der Waals surface area contributed by atoms with Crippen LogP contribution in [0.5, 0.6) is 0 Å². The van der Waals surface area contributed by atoms with E-state index in [9.17, 15) is 14.4 Å². The molecule has 0 spiro atoms. The maximum absolute atomic E-state index is 12.9. The zero-order valence-corrected chi connectivity index (χ0v) is 17.5. The SMILES string of the molecule is CCCCOC(=O)c1ccc(NC(=O)c2cn(CC)c3ccc(C)cc3c2=O)cc1. The number of anilines is 1. The van der Waals surface area contributed by atoms with Crippen LogP contribution in [0.4, 0.5) is 5.69 Å². The Hall–Kier alpha value is -3.41. The Morgan fingerprint density at radius 1 is 1.07 bits per heavy atom. The summed E-state index contributed by atoms with van der Waals surface area (Å²) < 4.78 is 7.07. The quantitative estimate of drug-likeness (QED) is 0.462. The number of nitrogens with one attached hydrogen (secondary N) is 1. The zero-order valence-electron chi connectivity index (χ0n) is 17.5. The smallest absolute Gasteiger partial charge is 0.338 e. The number of nitrogens with zero attached hydrogens (tertiary/aromatic N) is 1. The van der Waals surface area contributed by atoms with Crippen molar-refractivity contribution in [2.24, 2.45) is 0 Å². The van der Waals surface area contributed by atoms with Crippen molar-refractivity contribution in [2.75, 3.05) is 11.9 Å². The van der Waals surface area contributed by atoms with Gasteiger partial charge in [0, 0.05) is 23.8 Å². The fourth-order valence-electron chi connectivity index (χ4n) is 3.22. The van der Waals surface area contributed by atoms with Gasteiger partial charge in [-0.15, -0.1) is 0 Å². The molecule has 156 valence electrons. The largest absolute Gasteiger partial charge is 0.462 e. The second kappa shape index (κ2) is 9.39. The Morgan fingerprint density at radius 3 is 2.47 bits per heavy atom. The highest BCUT2D eigenvalue weighted by atomic mass is 16.5. The first kappa shape index (κ1) is 21.3. The number of rotatable bonds is 7. The van der Waals surface area contributed by atoms with Gasteiger partial charge in [0.25, 0.3) is 5.91 Å². The van der Waals surface area contributed by atoms with Gasteiger partial charge in [0.05, 0.1) is 17.7 Å². The van der Waals surface area contributed by atoms with Crippen molar-refractivity contribution in [3.8, 4) is 0 Å². The third-order valence-corrected chi connectivity index (χ3v) is 4.93. The van der Waals surface area contributed by atoms with Crippen molar-refractivity contribution in [2.45, 2.75) is 40.2 Å². The van der Waals surface area contributed by atoms with Gasteiger partial charge >= 0.3 is 5.97 Å². The van der Waals surface area contributed by atoms with E-state index in [0.29, 0.717) is 29.8 Å². The van der Waals surface area contributed by atoms with E-state index in [2.05, 4.69) is 5.32 Å². The maximum atomic E-state index is 12.9. The zero-order chi connectivity index (χ0) is 21.7. The highest BCUT2D eigenvalue weighted by Crippen LogP contribution is 2.16. The summed E-state index contributed by atoms with van der Waals surface area (Å²) in [6, 6.07) is 12.1. The number of aromatic nitrogens is 1. The fourth-order valence-corrected chi connectivity index (χ4v) is 3.22. The van der Waals surface area contributed by atoms with Crippen molar-refractivity contribution in [1.82, 2.24) is 4.57 Å². The Labute approximate surface area is 175 Å². The molecule has 3 aromatic rings. The van der Waals surface area contributed by atoms with Gasteiger partial charge in [0.2, 0.25) is 5.43 Å². The first-order valence-corrected chi connectivity index (χ1v) is 10.2. The van der Waals surface area contributed by atoms with Gasteiger partial charge in [0.15, 0.2) is 0 Å². The van der Waals surface area contributed by atoms with Crippen LogP contribution in [0, 0.1) is 6.92 Å². The predicted octanol–water partition coefficient (Wildman–Crippen LogP) is 4.54. The molecule has 1 amide bonds. The summed E-state index contributed by atoms with van der Waals surface area (Å²) in [7, 11) is 0. The molecule has 1 aromatic heterocycles. The molecule has 0 saturated carbocycles. The van der Waals surface area contributed by atoms with E-state index in [-0.39, 0.29) is 11.0 Å². The van der Waals surface area contributed by atoms with E-state index in [4.69, 9.17) is 4.74 Å². The third kappa shape index (κ3) is 4.59. The summed E-state index contributed by atoms with van der Waals surface area (Å²) in [5, 5.41) is 3.27. The number of hydrogen-bond acceptors (Lipinski definition) is 4. The number of amides is 1. The number of aryl methyl sites for hydroxylation is 2. The second-order valence-electron chi connectivity index (χ2n) is 7.20. The monoisotopic (exact) mass is 406 g/mol. The van der Waals surface area contributed by atoms with Gasteiger partial charge in [-0.25, -0.2) is 4.79 Å². The third-order valence-electron chi connectivity index (χ3n) is 4.93. The summed E-state index contributed by atoms with van der Waals surface area (Å²) in [5.41, 5.74) is 2.46. The lowest BCUT2D eigenvalue weighted by Crippen LogP contribution is -2.24. The lowest BCUT2D eigenvalue weighted by atomic mass is 10.1. The van der Waals surface area contributed by atoms with Crippen LogP contribution in [-0.4, -0.2) is 23.1 Å². The standard InChI is InChI=1S/C24H26N2O4/c1-4-6-13-30-24(29)17-8-10-18(11-9-17)25-23(28)20-15-26(5-2)21-12-7-16(3)14-19(21)22(20)27/h7-12,14-15H,4-6,13H2,1-3H3,(H,25,28). The van der Waals surface area contributed by atoms with Crippen LogP contribution in [0.2, 0.25) is 0 Å². The number of carbonyl (C=O) groups excluding carboxylic acids is 2. The van der Waals surface area contributed by atoms with Gasteiger partial charge in [-0.3, -0.25) is 9.59 Å². The minimum Gasteiger partial charge on any atom is -0.462 e. The van der Waals surface area contributed by atoms with Crippen molar-refractivity contribution < 1.29 is 14.3 Å². The van der Waals surface area contributed by atoms with Crippen LogP contribution in [0.3, 0.4) is 0 Å². The van der Waals surface area contributed by atoms with E-state index >= 15 is 0 Å². The maximum Gasteiger partial charge on any atom is 0.338 e. The molecule has 0 radical (unpaired) electrons. The van der Waals surface area contributed by atoms with Crippen LogP contribution >= 0.6 is 0 Å².